The molecule has 0 bridgehead atoms. The number of hydrogen-bond donors (Lipinski definition) is 4. The van der Waals surface area contributed by atoms with Crippen molar-refractivity contribution in [2.45, 2.75) is 23.7 Å². The van der Waals surface area contributed by atoms with Crippen LogP contribution in [-0.2, 0) is 19.2 Å². The van der Waals surface area contributed by atoms with Gasteiger partial charge in [-0.3, -0.25) is 19.2 Å². The number of aliphatic carboxylic acids is 2. The van der Waals surface area contributed by atoms with E-state index in [9.17, 15) is 39.6 Å². The summed E-state index contributed by atoms with van der Waals surface area (Å²) in [4.78, 5) is 54.9. The summed E-state index contributed by atoms with van der Waals surface area (Å²) in [7, 11) is 2.76. The number of benzene rings is 8. The molecular formula is C60H48O12. The van der Waals surface area contributed by atoms with E-state index in [0.717, 1.165) is 33.2 Å². The predicted molar refractivity (Wildman–Crippen MR) is 268 cm³/mol. The molecule has 2 aliphatic rings. The van der Waals surface area contributed by atoms with Crippen LogP contribution in [0.4, 0.5) is 0 Å². The van der Waals surface area contributed by atoms with Gasteiger partial charge in [-0.15, -0.1) is 0 Å². The van der Waals surface area contributed by atoms with Crippen molar-refractivity contribution in [1.82, 2.24) is 0 Å². The van der Waals surface area contributed by atoms with Gasteiger partial charge in [-0.05, 0) is 98.4 Å². The van der Waals surface area contributed by atoms with Gasteiger partial charge in [0.1, 0.15) is 11.5 Å². The highest BCUT2D eigenvalue weighted by atomic mass is 16.5. The van der Waals surface area contributed by atoms with E-state index in [1.807, 2.05) is 121 Å². The Morgan fingerprint density at radius 2 is 0.833 bits per heavy atom. The standard InChI is InChI=1S/C60H48O12/c1-69-47-31-40(23-28-44(47)61)51-54(58(65)66)52(41-24-29-45(62)48(32-41)70-2)56(51)60(68)72-46-15-9-14-39-30-38(22-27-43(39)46)35-16-18-37(19-17-35)50-53(57(63)64)49(36-12-7-4-8-13-36)55(50)59(67)71-42-25-20-34(21-26-42)33-10-5-3-6-11-33/h3-32,49-56,61-62H,1-2H3,(H,63,64)(H,65,66)/t49-,50-,51-,52-,53+,54?,55+,56?/m0/s1. The molecule has 0 unspecified atom stereocenters. The SMILES string of the molecule is COc1cc([C@H]2C(C(=O)O)[C@H](c3ccc(O)c(OC)c3)C2C(=O)Oc2cccc3cc(-c4ccc([C@H]5[C@H](C(=O)O)[C@H](c6ccccc6)[C@H]5C(=O)Oc5ccc(-c6ccccc6)cc5)cc4)ccc23)ccc1O. The van der Waals surface area contributed by atoms with Gasteiger partial charge in [-0.25, -0.2) is 0 Å². The lowest BCUT2D eigenvalue weighted by Crippen LogP contribution is -2.52. The Morgan fingerprint density at radius 1 is 0.389 bits per heavy atom. The van der Waals surface area contributed by atoms with Crippen LogP contribution in [0.2, 0.25) is 0 Å². The maximum Gasteiger partial charge on any atom is 0.315 e. The summed E-state index contributed by atoms with van der Waals surface area (Å²) < 4.78 is 22.9. The molecule has 0 aliphatic heterocycles. The van der Waals surface area contributed by atoms with Crippen molar-refractivity contribution in [3.63, 3.8) is 0 Å². The van der Waals surface area contributed by atoms with Crippen molar-refractivity contribution in [1.29, 1.82) is 0 Å². The summed E-state index contributed by atoms with van der Waals surface area (Å²) >= 11 is 0. The number of phenols is 2. The first kappa shape index (κ1) is 46.8. The number of esters is 2. The molecule has 0 aromatic heterocycles. The largest absolute Gasteiger partial charge is 0.504 e. The number of phenolic OH excluding ortho intramolecular Hbond substituents is 2. The van der Waals surface area contributed by atoms with Crippen LogP contribution in [0.15, 0.2) is 182 Å². The number of fused-ring (bicyclic) bond motifs is 1. The number of aromatic hydroxyl groups is 2. The van der Waals surface area contributed by atoms with E-state index < -0.39 is 71.2 Å². The Kier molecular flexibility index (Phi) is 12.7. The van der Waals surface area contributed by atoms with Crippen LogP contribution in [0.3, 0.4) is 0 Å². The molecule has 8 aromatic rings. The van der Waals surface area contributed by atoms with E-state index in [2.05, 4.69) is 0 Å². The summed E-state index contributed by atoms with van der Waals surface area (Å²) in [6.45, 7) is 0. The Hall–Kier alpha value is -8.90. The van der Waals surface area contributed by atoms with Crippen molar-refractivity contribution in [2.75, 3.05) is 14.2 Å². The van der Waals surface area contributed by atoms with Crippen LogP contribution >= 0.6 is 0 Å². The molecule has 12 heteroatoms. The summed E-state index contributed by atoms with van der Waals surface area (Å²) in [6, 6.07) is 53.8. The van der Waals surface area contributed by atoms with Gasteiger partial charge in [-0.2, -0.15) is 0 Å². The molecular weight excluding hydrogens is 913 g/mol. The smallest absolute Gasteiger partial charge is 0.315 e. The maximum atomic E-state index is 14.6. The number of ether oxygens (including phenoxy) is 4. The fraction of sp³-hybridized carbons (Fsp3) is 0.167. The Bertz CT molecular complexity index is 3280. The zero-order valence-corrected chi connectivity index (χ0v) is 39.0. The van der Waals surface area contributed by atoms with Gasteiger partial charge in [0.2, 0.25) is 0 Å². The van der Waals surface area contributed by atoms with Crippen molar-refractivity contribution in [3.8, 4) is 56.8 Å². The first-order chi connectivity index (χ1) is 34.9. The third-order valence-corrected chi connectivity index (χ3v) is 14.4. The Balaban J connectivity index is 0.924. The first-order valence-electron chi connectivity index (χ1n) is 23.4. The highest BCUT2D eigenvalue weighted by Crippen LogP contribution is 2.60. The van der Waals surface area contributed by atoms with Gasteiger partial charge >= 0.3 is 23.9 Å². The number of rotatable bonds is 14. The summed E-state index contributed by atoms with van der Waals surface area (Å²) in [5.74, 6) is -9.65. The van der Waals surface area contributed by atoms with Crippen LogP contribution in [0, 0.1) is 23.7 Å². The molecule has 12 nitrogen and oxygen atoms in total. The molecule has 8 aromatic carbocycles. The van der Waals surface area contributed by atoms with Gasteiger partial charge in [0, 0.05) is 29.1 Å². The van der Waals surface area contributed by atoms with E-state index >= 15 is 0 Å². The van der Waals surface area contributed by atoms with Crippen LogP contribution in [0.25, 0.3) is 33.0 Å². The molecule has 6 atom stereocenters. The molecule has 0 radical (unpaired) electrons. The number of carboxylic acid groups (broad SMARTS) is 2. The Morgan fingerprint density at radius 3 is 1.38 bits per heavy atom. The average Bonchev–Trinajstić information content (AvgIpc) is 3.37. The van der Waals surface area contributed by atoms with Gasteiger partial charge in [0.25, 0.3) is 0 Å². The molecule has 0 saturated heterocycles. The lowest BCUT2D eigenvalue weighted by molar-refractivity contribution is -0.160. The quantitative estimate of drug-likeness (QED) is 0.0598. The molecule has 72 heavy (non-hydrogen) atoms. The van der Waals surface area contributed by atoms with Crippen molar-refractivity contribution >= 4 is 34.6 Å². The van der Waals surface area contributed by atoms with Crippen LogP contribution in [0.5, 0.6) is 34.5 Å². The van der Waals surface area contributed by atoms with E-state index in [4.69, 9.17) is 18.9 Å². The highest BCUT2D eigenvalue weighted by molar-refractivity contribution is 5.95. The Labute approximate surface area is 414 Å². The van der Waals surface area contributed by atoms with E-state index in [1.54, 1.807) is 36.4 Å². The van der Waals surface area contributed by atoms with Gasteiger partial charge in [0.15, 0.2) is 23.0 Å². The average molecular weight is 961 g/mol. The molecule has 2 saturated carbocycles. The maximum absolute atomic E-state index is 14.6. The highest BCUT2D eigenvalue weighted by Gasteiger charge is 2.60. The van der Waals surface area contributed by atoms with Gasteiger partial charge in [-0.1, -0.05) is 133 Å². The second kappa shape index (κ2) is 19.5. The third kappa shape index (κ3) is 8.61. The summed E-state index contributed by atoms with van der Waals surface area (Å²) in [5.41, 5.74) is 5.98. The molecule has 360 valence electrons. The minimum atomic E-state index is -1.15. The third-order valence-electron chi connectivity index (χ3n) is 14.4. The van der Waals surface area contributed by atoms with Gasteiger partial charge < -0.3 is 39.4 Å². The first-order valence-corrected chi connectivity index (χ1v) is 23.4. The molecule has 10 rings (SSSR count). The topological polar surface area (TPSA) is 186 Å². The number of hydrogen-bond acceptors (Lipinski definition) is 10. The summed E-state index contributed by atoms with van der Waals surface area (Å²) in [6.07, 6.45) is 0. The lowest BCUT2D eigenvalue weighted by Gasteiger charge is -2.49. The lowest BCUT2D eigenvalue weighted by atomic mass is 9.52. The van der Waals surface area contributed by atoms with E-state index in [1.165, 1.54) is 38.5 Å². The number of carbonyl (C=O) groups excluding carboxylic acids is 2. The molecule has 4 N–H and O–H groups in total. The van der Waals surface area contributed by atoms with Crippen LogP contribution < -0.4 is 18.9 Å². The van der Waals surface area contributed by atoms with Crippen LogP contribution in [-0.4, -0.2) is 58.5 Å². The monoisotopic (exact) mass is 960 g/mol. The van der Waals surface area contributed by atoms with Crippen molar-refractivity contribution in [3.05, 3.63) is 204 Å². The fourth-order valence-corrected chi connectivity index (χ4v) is 11.0. The molecule has 0 heterocycles. The summed E-state index contributed by atoms with van der Waals surface area (Å²) in [5, 5.41) is 43.4. The number of methoxy groups -OCH3 is 2. The van der Waals surface area contributed by atoms with E-state index in [-0.39, 0.29) is 28.7 Å². The minimum absolute atomic E-state index is 0.119. The molecule has 0 amide bonds. The second-order valence-corrected chi connectivity index (χ2v) is 18.2. The zero-order chi connectivity index (χ0) is 50.2. The van der Waals surface area contributed by atoms with E-state index in [0.29, 0.717) is 27.8 Å². The predicted octanol–water partition coefficient (Wildman–Crippen LogP) is 11.2. The molecule has 2 aliphatic carbocycles. The molecule has 0 spiro atoms. The normalized spacial score (nSPS) is 21.1. The number of carboxylic acids is 2. The fourth-order valence-electron chi connectivity index (χ4n) is 11.0. The van der Waals surface area contributed by atoms with Crippen molar-refractivity contribution in [2.24, 2.45) is 23.7 Å². The second-order valence-electron chi connectivity index (χ2n) is 18.2. The molecule has 2 fully saturated rings. The minimum Gasteiger partial charge on any atom is -0.504 e. The zero-order valence-electron chi connectivity index (χ0n) is 39.0. The number of carbonyl (C=O) groups is 4. The van der Waals surface area contributed by atoms with Crippen LogP contribution in [0.1, 0.15) is 45.9 Å². The van der Waals surface area contributed by atoms with Gasteiger partial charge in [0.05, 0.1) is 37.9 Å². The van der Waals surface area contributed by atoms with Crippen molar-refractivity contribution < 1.29 is 58.6 Å².